The Morgan fingerprint density at radius 3 is 2.42 bits per heavy atom. The molecule has 120 valence electrons. The maximum absolute atomic E-state index is 9.69. The molecule has 0 saturated heterocycles. The van der Waals surface area contributed by atoms with Crippen molar-refractivity contribution in [3.8, 4) is 17.2 Å². The zero-order valence-electron chi connectivity index (χ0n) is 13.8. The van der Waals surface area contributed by atoms with Crippen molar-refractivity contribution in [3.63, 3.8) is 0 Å². The van der Waals surface area contributed by atoms with Crippen LogP contribution in [-0.4, -0.2) is 18.1 Å². The summed E-state index contributed by atoms with van der Waals surface area (Å²) in [5, 5.41) is 11.3. The normalized spacial score (nSPS) is 10.6. The lowest BCUT2D eigenvalue weighted by atomic mass is 9.98. The molecule has 2 aromatic carbocycles. The highest BCUT2D eigenvalue weighted by molar-refractivity contribution is 6.31. The SMILES string of the molecule is CCN(CC)c1c(-c2ccccc2)c(C#N)nc2ccc(Cl)cc12. The molecule has 0 atom stereocenters. The Balaban J connectivity index is 2.47. The molecule has 0 fully saturated rings. The van der Waals surface area contributed by atoms with Crippen LogP contribution in [-0.2, 0) is 0 Å². The summed E-state index contributed by atoms with van der Waals surface area (Å²) in [7, 11) is 0. The van der Waals surface area contributed by atoms with E-state index >= 15 is 0 Å². The highest BCUT2D eigenvalue weighted by Gasteiger charge is 2.20. The summed E-state index contributed by atoms with van der Waals surface area (Å²) in [5.41, 5.74) is 4.12. The van der Waals surface area contributed by atoms with E-state index in [4.69, 9.17) is 11.6 Å². The molecule has 0 unspecified atom stereocenters. The Bertz CT molecular complexity index is 910. The van der Waals surface area contributed by atoms with Crippen molar-refractivity contribution >= 4 is 28.2 Å². The first-order valence-electron chi connectivity index (χ1n) is 8.03. The van der Waals surface area contributed by atoms with E-state index in [9.17, 15) is 5.26 Å². The van der Waals surface area contributed by atoms with Gasteiger partial charge in [0.25, 0.3) is 0 Å². The molecule has 24 heavy (non-hydrogen) atoms. The molecule has 1 heterocycles. The van der Waals surface area contributed by atoms with E-state index in [0.29, 0.717) is 10.7 Å². The van der Waals surface area contributed by atoms with Crippen molar-refractivity contribution in [1.29, 1.82) is 5.26 Å². The van der Waals surface area contributed by atoms with Crippen LogP contribution in [0.25, 0.3) is 22.0 Å². The molecule has 0 N–H and O–H groups in total. The topological polar surface area (TPSA) is 39.9 Å². The molecule has 0 aliphatic rings. The summed E-state index contributed by atoms with van der Waals surface area (Å²) >= 11 is 6.24. The zero-order chi connectivity index (χ0) is 17.1. The minimum atomic E-state index is 0.443. The van der Waals surface area contributed by atoms with Crippen LogP contribution in [0.4, 0.5) is 5.69 Å². The van der Waals surface area contributed by atoms with Crippen molar-refractivity contribution in [2.75, 3.05) is 18.0 Å². The molecule has 0 bridgehead atoms. The van der Waals surface area contributed by atoms with Crippen molar-refractivity contribution < 1.29 is 0 Å². The van der Waals surface area contributed by atoms with Gasteiger partial charge in [0.15, 0.2) is 5.69 Å². The maximum Gasteiger partial charge on any atom is 0.151 e. The lowest BCUT2D eigenvalue weighted by Crippen LogP contribution is -2.23. The average molecular weight is 336 g/mol. The van der Waals surface area contributed by atoms with Gasteiger partial charge in [-0.25, -0.2) is 4.98 Å². The monoisotopic (exact) mass is 335 g/mol. The van der Waals surface area contributed by atoms with E-state index in [0.717, 1.165) is 40.8 Å². The number of hydrogen-bond acceptors (Lipinski definition) is 3. The van der Waals surface area contributed by atoms with Gasteiger partial charge in [-0.15, -0.1) is 0 Å². The van der Waals surface area contributed by atoms with Crippen molar-refractivity contribution in [2.45, 2.75) is 13.8 Å². The van der Waals surface area contributed by atoms with Gasteiger partial charge in [-0.1, -0.05) is 41.9 Å². The van der Waals surface area contributed by atoms with Crippen LogP contribution < -0.4 is 4.90 Å². The van der Waals surface area contributed by atoms with Gasteiger partial charge in [0.2, 0.25) is 0 Å². The molecule has 3 rings (SSSR count). The van der Waals surface area contributed by atoms with Gasteiger partial charge in [-0.2, -0.15) is 5.26 Å². The predicted molar refractivity (Wildman–Crippen MR) is 100 cm³/mol. The van der Waals surface area contributed by atoms with Crippen LogP contribution in [0, 0.1) is 11.3 Å². The summed E-state index contributed by atoms with van der Waals surface area (Å²) in [6, 6.07) is 17.9. The first-order valence-corrected chi connectivity index (χ1v) is 8.41. The number of fused-ring (bicyclic) bond motifs is 1. The minimum Gasteiger partial charge on any atom is -0.371 e. The number of nitrogens with zero attached hydrogens (tertiary/aromatic N) is 3. The second kappa shape index (κ2) is 6.90. The number of pyridine rings is 1. The van der Waals surface area contributed by atoms with Crippen molar-refractivity contribution in [2.24, 2.45) is 0 Å². The van der Waals surface area contributed by atoms with Crippen LogP contribution in [0.2, 0.25) is 5.02 Å². The molecule has 0 spiro atoms. The van der Waals surface area contributed by atoms with Gasteiger partial charge in [0.1, 0.15) is 6.07 Å². The van der Waals surface area contributed by atoms with Crippen LogP contribution in [0.15, 0.2) is 48.5 Å². The van der Waals surface area contributed by atoms with Gasteiger partial charge >= 0.3 is 0 Å². The van der Waals surface area contributed by atoms with E-state index in [-0.39, 0.29) is 0 Å². The van der Waals surface area contributed by atoms with Crippen LogP contribution >= 0.6 is 11.6 Å². The number of rotatable bonds is 4. The maximum atomic E-state index is 9.69. The van der Waals surface area contributed by atoms with Gasteiger partial charge in [-0.3, -0.25) is 0 Å². The second-order valence-electron chi connectivity index (χ2n) is 5.50. The van der Waals surface area contributed by atoms with Gasteiger partial charge in [0, 0.05) is 29.1 Å². The number of nitriles is 1. The van der Waals surface area contributed by atoms with E-state index in [1.165, 1.54) is 0 Å². The van der Waals surface area contributed by atoms with E-state index in [2.05, 4.69) is 29.8 Å². The molecular formula is C20H18ClN3. The molecule has 3 nitrogen and oxygen atoms in total. The first kappa shape index (κ1) is 16.3. The molecule has 4 heteroatoms. The van der Waals surface area contributed by atoms with Crippen molar-refractivity contribution in [1.82, 2.24) is 4.98 Å². The summed E-state index contributed by atoms with van der Waals surface area (Å²) in [5.74, 6) is 0. The Hall–Kier alpha value is -2.57. The quantitative estimate of drug-likeness (QED) is 0.651. The van der Waals surface area contributed by atoms with E-state index in [1.807, 2.05) is 48.5 Å². The fourth-order valence-electron chi connectivity index (χ4n) is 3.05. The van der Waals surface area contributed by atoms with Crippen molar-refractivity contribution in [3.05, 3.63) is 59.2 Å². The van der Waals surface area contributed by atoms with Crippen LogP contribution in [0.3, 0.4) is 0 Å². The number of benzene rings is 2. The van der Waals surface area contributed by atoms with Gasteiger partial charge in [0.05, 0.1) is 11.2 Å². The fourth-order valence-corrected chi connectivity index (χ4v) is 3.22. The third kappa shape index (κ3) is 2.81. The van der Waals surface area contributed by atoms with Crippen LogP contribution in [0.1, 0.15) is 19.5 Å². The summed E-state index contributed by atoms with van der Waals surface area (Å²) in [6.07, 6.45) is 0. The number of hydrogen-bond donors (Lipinski definition) is 0. The molecule has 0 amide bonds. The lowest BCUT2D eigenvalue weighted by molar-refractivity contribution is 0.870. The first-order chi connectivity index (χ1) is 11.7. The number of aromatic nitrogens is 1. The Labute approximate surface area is 147 Å². The molecular weight excluding hydrogens is 318 g/mol. The van der Waals surface area contributed by atoms with Gasteiger partial charge < -0.3 is 4.90 Å². The third-order valence-corrected chi connectivity index (χ3v) is 4.40. The summed E-state index contributed by atoms with van der Waals surface area (Å²) < 4.78 is 0. The molecule has 0 saturated carbocycles. The third-order valence-electron chi connectivity index (χ3n) is 4.17. The molecule has 3 aromatic rings. The van der Waals surface area contributed by atoms with E-state index < -0.39 is 0 Å². The van der Waals surface area contributed by atoms with Crippen LogP contribution in [0.5, 0.6) is 0 Å². The summed E-state index contributed by atoms with van der Waals surface area (Å²) in [6.45, 7) is 5.90. The standard InChI is InChI=1S/C20H18ClN3/c1-3-24(4-2)20-16-12-15(21)10-11-17(16)23-18(13-22)19(20)14-8-6-5-7-9-14/h5-12H,3-4H2,1-2H3. The highest BCUT2D eigenvalue weighted by atomic mass is 35.5. The Kier molecular flexibility index (Phi) is 4.69. The average Bonchev–Trinajstić information content (AvgIpc) is 2.63. The summed E-state index contributed by atoms with van der Waals surface area (Å²) in [4.78, 5) is 6.83. The fraction of sp³-hybridized carbons (Fsp3) is 0.200. The second-order valence-corrected chi connectivity index (χ2v) is 5.93. The molecule has 0 aliphatic carbocycles. The largest absolute Gasteiger partial charge is 0.371 e. The highest BCUT2D eigenvalue weighted by Crippen LogP contribution is 2.39. The minimum absolute atomic E-state index is 0.443. The molecule has 1 aromatic heterocycles. The molecule has 0 aliphatic heterocycles. The smallest absolute Gasteiger partial charge is 0.151 e. The van der Waals surface area contributed by atoms with Gasteiger partial charge in [-0.05, 0) is 37.6 Å². The Morgan fingerprint density at radius 2 is 1.79 bits per heavy atom. The van der Waals surface area contributed by atoms with E-state index in [1.54, 1.807) is 0 Å². The number of anilines is 1. The lowest BCUT2D eigenvalue weighted by Gasteiger charge is -2.26. The zero-order valence-corrected chi connectivity index (χ0v) is 14.5. The Morgan fingerprint density at radius 1 is 1.08 bits per heavy atom. The predicted octanol–water partition coefficient (Wildman–Crippen LogP) is 5.27. The molecule has 0 radical (unpaired) electrons. The number of halogens is 1.